The number of allylic oxidation sites excluding steroid dienone is 2. The van der Waals surface area contributed by atoms with Gasteiger partial charge >= 0.3 is 0 Å². The van der Waals surface area contributed by atoms with Gasteiger partial charge in [-0.25, -0.2) is 0 Å². The molecule has 0 aromatic rings. The van der Waals surface area contributed by atoms with E-state index < -0.39 is 0 Å². The van der Waals surface area contributed by atoms with Gasteiger partial charge in [0, 0.05) is 10.2 Å². The molecule has 0 aromatic carbocycles. The lowest BCUT2D eigenvalue weighted by Crippen LogP contribution is -1.84. The highest BCUT2D eigenvalue weighted by Gasteiger charge is 1.88. The Labute approximate surface area is 59.8 Å². The zero-order valence-electron chi connectivity index (χ0n) is 6.56. The van der Waals surface area contributed by atoms with Gasteiger partial charge in [-0.1, -0.05) is 0 Å². The first-order chi connectivity index (χ1) is 4.22. The van der Waals surface area contributed by atoms with E-state index in [2.05, 4.69) is 5.70 Å². The fourth-order valence-electron chi connectivity index (χ4n) is 0.590. The molecule has 0 heterocycles. The summed E-state index contributed by atoms with van der Waals surface area (Å²) in [5, 5.41) is 0. The van der Waals surface area contributed by atoms with Crippen LogP contribution in [0.15, 0.2) is 23.1 Å². The van der Waals surface area contributed by atoms with Crippen LogP contribution in [0.1, 0.15) is 13.8 Å². The third-order valence-corrected chi connectivity index (χ3v) is 1.36. The van der Waals surface area contributed by atoms with Gasteiger partial charge in [0.2, 0.25) is 0 Å². The molecule has 0 aliphatic rings. The first-order valence-corrected chi connectivity index (χ1v) is 4.22. The third-order valence-electron chi connectivity index (χ3n) is 1.03. The molecule has 0 amide bonds. The Hall–Kier alpha value is -0.503. The summed E-state index contributed by atoms with van der Waals surface area (Å²) in [6, 6.07) is 0. The highest BCUT2D eigenvalue weighted by molar-refractivity contribution is 6.17. The number of rotatable bonds is 2. The van der Waals surface area contributed by atoms with E-state index in [-0.39, 0.29) is 0 Å². The Morgan fingerprint density at radius 1 is 1.44 bits per heavy atom. The number of hydrogen-bond acceptors (Lipinski definition) is 1. The Kier molecular flexibility index (Phi) is 4.14. The van der Waals surface area contributed by atoms with Crippen LogP contribution in [-0.2, 0) is 4.74 Å². The second-order valence-corrected chi connectivity index (χ2v) is 2.74. The number of hydrogen-bond donors (Lipinski definition) is 0. The lowest BCUT2D eigenvalue weighted by Gasteiger charge is -2.00. The van der Waals surface area contributed by atoms with Gasteiger partial charge in [0.05, 0.1) is 7.11 Å². The molecule has 0 rings (SSSR count). The van der Waals surface area contributed by atoms with Crippen LogP contribution in [0, 0.1) is 0 Å². The van der Waals surface area contributed by atoms with Crippen molar-refractivity contribution in [3.05, 3.63) is 23.1 Å². The molecule has 0 aromatic heterocycles. The topological polar surface area (TPSA) is 9.23 Å². The van der Waals surface area contributed by atoms with E-state index in [9.17, 15) is 0 Å². The zero-order chi connectivity index (χ0) is 7.28. The van der Waals surface area contributed by atoms with Crippen LogP contribution < -0.4 is 0 Å². The normalized spacial score (nSPS) is 10.1. The van der Waals surface area contributed by atoms with E-state index in [1.807, 2.05) is 19.9 Å². The summed E-state index contributed by atoms with van der Waals surface area (Å²) in [6.07, 6.45) is 2.02. The molecule has 0 radical (unpaired) electrons. The van der Waals surface area contributed by atoms with Crippen LogP contribution in [0.5, 0.6) is 0 Å². The average Bonchev–Trinajstić information content (AvgIpc) is 1.82. The van der Waals surface area contributed by atoms with Crippen molar-refractivity contribution in [2.75, 3.05) is 7.11 Å². The van der Waals surface area contributed by atoms with Crippen molar-refractivity contribution in [1.29, 1.82) is 0 Å². The molecule has 2 heteroatoms. The first-order valence-electron chi connectivity index (χ1n) is 3.06. The van der Waals surface area contributed by atoms with Crippen molar-refractivity contribution in [3.63, 3.8) is 0 Å². The molecule has 0 saturated carbocycles. The molecule has 0 aliphatic heterocycles. The van der Waals surface area contributed by atoms with Crippen molar-refractivity contribution < 1.29 is 4.74 Å². The predicted octanol–water partition coefficient (Wildman–Crippen LogP) is 0.806. The van der Waals surface area contributed by atoms with Crippen LogP contribution in [-0.4, -0.2) is 17.4 Å². The van der Waals surface area contributed by atoms with Crippen molar-refractivity contribution in [2.45, 2.75) is 13.8 Å². The minimum atomic E-state index is 0.991. The second kappa shape index (κ2) is 4.38. The van der Waals surface area contributed by atoms with Crippen LogP contribution >= 0.6 is 0 Å². The Morgan fingerprint density at radius 3 is 2.11 bits per heavy atom. The molecule has 0 bridgehead atoms. The van der Waals surface area contributed by atoms with Crippen molar-refractivity contribution in [3.8, 4) is 0 Å². The standard InChI is InChI=1S/C7H14OSi/c1-6(2)7(8-3)4-5-9/h4-5H,1-3,9H3. The van der Waals surface area contributed by atoms with E-state index in [0.29, 0.717) is 0 Å². The molecule has 0 unspecified atom stereocenters. The van der Waals surface area contributed by atoms with Crippen molar-refractivity contribution in [2.24, 2.45) is 0 Å². The van der Waals surface area contributed by atoms with Crippen LogP contribution in [0.4, 0.5) is 0 Å². The Morgan fingerprint density at radius 2 is 2.00 bits per heavy atom. The maximum atomic E-state index is 5.07. The molecule has 52 valence electrons. The highest BCUT2D eigenvalue weighted by Crippen LogP contribution is 2.03. The lowest BCUT2D eigenvalue weighted by atomic mass is 10.3. The summed E-state index contributed by atoms with van der Waals surface area (Å²) in [7, 11) is 2.79. The fraction of sp³-hybridized carbons (Fsp3) is 0.429. The Balaban J connectivity index is 4.16. The van der Waals surface area contributed by atoms with Gasteiger partial charge in [-0.2, -0.15) is 0 Å². The molecular formula is C7H14OSi. The molecule has 0 atom stereocenters. The number of ether oxygens (including phenoxy) is 1. The summed E-state index contributed by atoms with van der Waals surface area (Å²) in [5.74, 6) is 0.991. The van der Waals surface area contributed by atoms with Gasteiger partial charge in [-0.05, 0) is 25.5 Å². The fourth-order valence-corrected chi connectivity index (χ4v) is 0.893. The van der Waals surface area contributed by atoms with Crippen molar-refractivity contribution in [1.82, 2.24) is 0 Å². The monoisotopic (exact) mass is 142 g/mol. The number of methoxy groups -OCH3 is 1. The molecule has 0 spiro atoms. The van der Waals surface area contributed by atoms with Gasteiger partial charge in [-0.3, -0.25) is 0 Å². The molecular weight excluding hydrogens is 128 g/mol. The molecule has 0 N–H and O–H groups in total. The van der Waals surface area contributed by atoms with Gasteiger partial charge in [0.25, 0.3) is 0 Å². The van der Waals surface area contributed by atoms with Crippen molar-refractivity contribution >= 4 is 10.2 Å². The molecule has 0 aliphatic carbocycles. The molecule has 1 nitrogen and oxygen atoms in total. The van der Waals surface area contributed by atoms with E-state index in [1.54, 1.807) is 7.11 Å². The summed E-state index contributed by atoms with van der Waals surface area (Å²) >= 11 is 0. The minimum absolute atomic E-state index is 0.991. The van der Waals surface area contributed by atoms with E-state index in [0.717, 1.165) is 16.0 Å². The quantitative estimate of drug-likeness (QED) is 0.315. The van der Waals surface area contributed by atoms with Gasteiger partial charge in [0.1, 0.15) is 5.76 Å². The summed E-state index contributed by atoms with van der Waals surface area (Å²) < 4.78 is 5.07. The first kappa shape index (κ1) is 8.50. The largest absolute Gasteiger partial charge is 0.497 e. The van der Waals surface area contributed by atoms with Gasteiger partial charge in [-0.15, -0.1) is 5.70 Å². The summed E-state index contributed by atoms with van der Waals surface area (Å²) in [4.78, 5) is 0. The van der Waals surface area contributed by atoms with Crippen LogP contribution in [0.25, 0.3) is 0 Å². The van der Waals surface area contributed by atoms with E-state index in [1.165, 1.54) is 5.57 Å². The smallest absolute Gasteiger partial charge is 0.116 e. The zero-order valence-corrected chi connectivity index (χ0v) is 8.56. The maximum absolute atomic E-state index is 5.07. The minimum Gasteiger partial charge on any atom is -0.497 e. The molecule has 0 saturated heterocycles. The lowest BCUT2D eigenvalue weighted by molar-refractivity contribution is 0.302. The Bertz CT molecular complexity index is 132. The van der Waals surface area contributed by atoms with Gasteiger partial charge < -0.3 is 4.74 Å². The van der Waals surface area contributed by atoms with Crippen LogP contribution in [0.2, 0.25) is 0 Å². The van der Waals surface area contributed by atoms with E-state index in [4.69, 9.17) is 4.74 Å². The predicted molar refractivity (Wildman–Crippen MR) is 44.5 cm³/mol. The third kappa shape index (κ3) is 3.14. The SMILES string of the molecule is COC(C=C[SiH3])=C(C)C. The van der Waals surface area contributed by atoms with E-state index >= 15 is 0 Å². The molecule has 0 fully saturated rings. The van der Waals surface area contributed by atoms with Gasteiger partial charge in [0.15, 0.2) is 0 Å². The maximum Gasteiger partial charge on any atom is 0.116 e. The highest BCUT2D eigenvalue weighted by atomic mass is 28.1. The summed E-state index contributed by atoms with van der Waals surface area (Å²) in [5.41, 5.74) is 3.33. The summed E-state index contributed by atoms with van der Waals surface area (Å²) in [6.45, 7) is 4.08. The van der Waals surface area contributed by atoms with Crippen LogP contribution in [0.3, 0.4) is 0 Å². The average molecular weight is 142 g/mol. The second-order valence-electron chi connectivity index (χ2n) is 2.07. The molecule has 9 heavy (non-hydrogen) atoms.